The first kappa shape index (κ1) is 19.4. The molecule has 1 aliphatic carbocycles. The molecule has 5 nitrogen and oxygen atoms in total. The van der Waals surface area contributed by atoms with E-state index in [2.05, 4.69) is 44.8 Å². The molecule has 0 atom stereocenters. The maximum absolute atomic E-state index is 5.66. The number of rotatable bonds is 9. The maximum atomic E-state index is 5.66. The van der Waals surface area contributed by atoms with E-state index in [4.69, 9.17) is 4.74 Å². The molecule has 0 radical (unpaired) electrons. The molecule has 1 heterocycles. The third kappa shape index (κ3) is 6.72. The number of benzene rings is 1. The smallest absolute Gasteiger partial charge is 0.191 e. The molecule has 144 valence electrons. The highest BCUT2D eigenvalue weighted by atomic mass is 32.2. The third-order valence-corrected chi connectivity index (χ3v) is 5.75. The van der Waals surface area contributed by atoms with Gasteiger partial charge in [0.15, 0.2) is 5.96 Å². The van der Waals surface area contributed by atoms with Gasteiger partial charge in [-0.25, -0.2) is 0 Å². The zero-order valence-electron chi connectivity index (χ0n) is 15.9. The monoisotopic (exact) mass is 376 g/mol. The Hall–Kier alpha value is -1.40. The van der Waals surface area contributed by atoms with Gasteiger partial charge in [0, 0.05) is 63.6 Å². The largest absolute Gasteiger partial charge is 0.381 e. The molecule has 2 N–H and O–H groups in total. The van der Waals surface area contributed by atoms with Gasteiger partial charge in [0.25, 0.3) is 0 Å². The predicted octanol–water partition coefficient (Wildman–Crippen LogP) is 2.72. The van der Waals surface area contributed by atoms with Crippen LogP contribution in [0.1, 0.15) is 24.8 Å². The van der Waals surface area contributed by atoms with Crippen molar-refractivity contribution in [3.63, 3.8) is 0 Å². The third-order valence-electron chi connectivity index (χ3n) is 4.80. The molecule has 2 fully saturated rings. The number of anilines is 1. The average molecular weight is 377 g/mol. The summed E-state index contributed by atoms with van der Waals surface area (Å²) < 4.78 is 5.66. The Morgan fingerprint density at radius 2 is 1.96 bits per heavy atom. The molecule has 1 saturated carbocycles. The molecule has 0 unspecified atom stereocenters. The quantitative estimate of drug-likeness (QED) is 0.394. The first-order valence-corrected chi connectivity index (χ1v) is 10.9. The second-order valence-corrected chi connectivity index (χ2v) is 8.22. The molecule has 26 heavy (non-hydrogen) atoms. The van der Waals surface area contributed by atoms with Gasteiger partial charge < -0.3 is 20.3 Å². The van der Waals surface area contributed by atoms with Gasteiger partial charge in [0.05, 0.1) is 0 Å². The zero-order valence-corrected chi connectivity index (χ0v) is 16.7. The summed E-state index contributed by atoms with van der Waals surface area (Å²) in [6.45, 7) is 5.76. The van der Waals surface area contributed by atoms with Crippen LogP contribution in [0.15, 0.2) is 29.3 Å². The number of nitrogens with zero attached hydrogens (tertiary/aromatic N) is 2. The van der Waals surface area contributed by atoms with Crippen LogP contribution in [-0.4, -0.2) is 57.4 Å². The van der Waals surface area contributed by atoms with Crippen LogP contribution in [0, 0.1) is 5.92 Å². The molecule has 1 saturated heterocycles. The summed E-state index contributed by atoms with van der Waals surface area (Å²) in [4.78, 5) is 6.76. The Kier molecular flexibility index (Phi) is 7.95. The number of hydrogen-bond donors (Lipinski definition) is 2. The SMILES string of the molecule is CN=C(NCCCOCC1CC1)NCc1ccc(N2CCSCC2)cc1. The van der Waals surface area contributed by atoms with Crippen molar-refractivity contribution in [1.29, 1.82) is 0 Å². The van der Waals surface area contributed by atoms with Gasteiger partial charge in [0.2, 0.25) is 0 Å². The van der Waals surface area contributed by atoms with E-state index in [0.29, 0.717) is 0 Å². The fourth-order valence-corrected chi connectivity index (χ4v) is 3.87. The first-order chi connectivity index (χ1) is 12.8. The second-order valence-electron chi connectivity index (χ2n) is 6.99. The lowest BCUT2D eigenvalue weighted by Crippen LogP contribution is -2.37. The average Bonchev–Trinajstić information content (AvgIpc) is 3.52. The lowest BCUT2D eigenvalue weighted by atomic mass is 10.2. The number of hydrogen-bond acceptors (Lipinski definition) is 4. The normalized spacial score (nSPS) is 18.0. The summed E-state index contributed by atoms with van der Waals surface area (Å²) in [7, 11) is 1.82. The lowest BCUT2D eigenvalue weighted by Gasteiger charge is -2.28. The van der Waals surface area contributed by atoms with Crippen molar-refractivity contribution in [2.24, 2.45) is 10.9 Å². The Morgan fingerprint density at radius 1 is 1.19 bits per heavy atom. The Bertz CT molecular complexity index is 553. The van der Waals surface area contributed by atoms with Crippen molar-refractivity contribution in [2.75, 3.05) is 56.3 Å². The summed E-state index contributed by atoms with van der Waals surface area (Å²) >= 11 is 2.05. The van der Waals surface area contributed by atoms with Crippen molar-refractivity contribution < 1.29 is 4.74 Å². The van der Waals surface area contributed by atoms with Crippen molar-refractivity contribution in [3.05, 3.63) is 29.8 Å². The van der Waals surface area contributed by atoms with E-state index in [-0.39, 0.29) is 0 Å². The van der Waals surface area contributed by atoms with Crippen LogP contribution in [0.4, 0.5) is 5.69 Å². The van der Waals surface area contributed by atoms with Gasteiger partial charge in [-0.05, 0) is 42.9 Å². The molecule has 0 bridgehead atoms. The molecule has 6 heteroatoms. The van der Waals surface area contributed by atoms with E-state index < -0.39 is 0 Å². The number of thioether (sulfide) groups is 1. The first-order valence-electron chi connectivity index (χ1n) is 9.79. The molecule has 1 aromatic rings. The van der Waals surface area contributed by atoms with Crippen LogP contribution in [-0.2, 0) is 11.3 Å². The molecule has 3 rings (SSSR count). The van der Waals surface area contributed by atoms with Crippen LogP contribution in [0.5, 0.6) is 0 Å². The van der Waals surface area contributed by atoms with Gasteiger partial charge >= 0.3 is 0 Å². The van der Waals surface area contributed by atoms with E-state index in [1.165, 1.54) is 35.6 Å². The van der Waals surface area contributed by atoms with Crippen LogP contribution in [0.3, 0.4) is 0 Å². The predicted molar refractivity (Wildman–Crippen MR) is 112 cm³/mol. The summed E-state index contributed by atoms with van der Waals surface area (Å²) in [6, 6.07) is 8.90. The minimum absolute atomic E-state index is 0.786. The van der Waals surface area contributed by atoms with E-state index in [0.717, 1.165) is 57.7 Å². The van der Waals surface area contributed by atoms with Crippen LogP contribution in [0.25, 0.3) is 0 Å². The van der Waals surface area contributed by atoms with Crippen molar-refractivity contribution >= 4 is 23.4 Å². The number of guanidine groups is 1. The van der Waals surface area contributed by atoms with Crippen molar-refractivity contribution in [2.45, 2.75) is 25.8 Å². The topological polar surface area (TPSA) is 48.9 Å². The Labute approximate surface area is 162 Å². The van der Waals surface area contributed by atoms with E-state index in [1.54, 1.807) is 0 Å². The maximum Gasteiger partial charge on any atom is 0.191 e. The lowest BCUT2D eigenvalue weighted by molar-refractivity contribution is 0.123. The standard InChI is InChI=1S/C20H32N4OS/c1-21-20(22-9-2-12-25-16-18-3-4-18)23-15-17-5-7-19(8-6-17)24-10-13-26-14-11-24/h5-8,18H,2-4,9-16H2,1H3,(H2,21,22,23). The summed E-state index contributed by atoms with van der Waals surface area (Å²) in [6.07, 6.45) is 3.72. The minimum atomic E-state index is 0.786. The fraction of sp³-hybridized carbons (Fsp3) is 0.650. The molecule has 1 aromatic carbocycles. The molecule has 1 aliphatic heterocycles. The molecule has 0 aromatic heterocycles. The van der Waals surface area contributed by atoms with Gasteiger partial charge in [-0.1, -0.05) is 12.1 Å². The molecule has 2 aliphatic rings. The van der Waals surface area contributed by atoms with Gasteiger partial charge in [-0.2, -0.15) is 11.8 Å². The Balaban J connectivity index is 1.32. The minimum Gasteiger partial charge on any atom is -0.381 e. The van der Waals surface area contributed by atoms with Gasteiger partial charge in [-0.15, -0.1) is 0 Å². The molecular weight excluding hydrogens is 344 g/mol. The zero-order chi connectivity index (χ0) is 18.0. The Morgan fingerprint density at radius 3 is 2.65 bits per heavy atom. The number of nitrogens with one attached hydrogen (secondary N) is 2. The summed E-state index contributed by atoms with van der Waals surface area (Å²) in [5.74, 6) is 4.16. The van der Waals surface area contributed by atoms with E-state index in [9.17, 15) is 0 Å². The van der Waals surface area contributed by atoms with Gasteiger partial charge in [-0.3, -0.25) is 4.99 Å². The summed E-state index contributed by atoms with van der Waals surface area (Å²) in [5, 5.41) is 6.74. The van der Waals surface area contributed by atoms with Crippen LogP contribution in [0.2, 0.25) is 0 Å². The fourth-order valence-electron chi connectivity index (χ4n) is 2.97. The highest BCUT2D eigenvalue weighted by molar-refractivity contribution is 7.99. The highest BCUT2D eigenvalue weighted by Crippen LogP contribution is 2.28. The summed E-state index contributed by atoms with van der Waals surface area (Å²) in [5.41, 5.74) is 2.61. The van der Waals surface area contributed by atoms with Crippen molar-refractivity contribution in [1.82, 2.24) is 10.6 Å². The van der Waals surface area contributed by atoms with Gasteiger partial charge in [0.1, 0.15) is 0 Å². The molecule has 0 amide bonds. The second kappa shape index (κ2) is 10.7. The van der Waals surface area contributed by atoms with Crippen LogP contribution >= 0.6 is 11.8 Å². The van der Waals surface area contributed by atoms with Crippen molar-refractivity contribution in [3.8, 4) is 0 Å². The number of aliphatic imine (C=N–C) groups is 1. The van der Waals surface area contributed by atoms with Crippen LogP contribution < -0.4 is 15.5 Å². The molecular formula is C20H32N4OS. The number of ether oxygens (including phenoxy) is 1. The molecule has 0 spiro atoms. The van der Waals surface area contributed by atoms with E-state index >= 15 is 0 Å². The van der Waals surface area contributed by atoms with E-state index in [1.807, 2.05) is 18.8 Å². The highest BCUT2D eigenvalue weighted by Gasteiger charge is 2.20.